The highest BCUT2D eigenvalue weighted by atomic mass is 16.2. The van der Waals surface area contributed by atoms with E-state index >= 15 is 0 Å². The van der Waals surface area contributed by atoms with Gasteiger partial charge in [0, 0.05) is 48.2 Å². The Bertz CT molecular complexity index is 1220. The number of carbonyl (C=O) groups excluding carboxylic acids is 1. The number of fused-ring (bicyclic) bond motifs is 1. The molecule has 2 fully saturated rings. The number of likely N-dealkylation sites (tertiary alicyclic amines) is 1. The van der Waals surface area contributed by atoms with Gasteiger partial charge in [0.2, 0.25) is 5.91 Å². The van der Waals surface area contributed by atoms with Crippen molar-refractivity contribution in [3.63, 3.8) is 0 Å². The lowest BCUT2D eigenvalue weighted by atomic mass is 9.98. The Labute approximate surface area is 192 Å². The Kier molecular flexibility index (Phi) is 5.82. The fourth-order valence-electron chi connectivity index (χ4n) is 4.27. The van der Waals surface area contributed by atoms with Gasteiger partial charge >= 0.3 is 0 Å². The number of allylic oxidation sites excluding steroid dienone is 1. The number of nitriles is 1. The Hall–Kier alpha value is -3.67. The van der Waals surface area contributed by atoms with Crippen LogP contribution in [-0.4, -0.2) is 55.2 Å². The zero-order valence-electron chi connectivity index (χ0n) is 18.8. The van der Waals surface area contributed by atoms with E-state index in [9.17, 15) is 4.79 Å². The number of nitrogens with zero attached hydrogens (tertiary/aromatic N) is 6. The predicted molar refractivity (Wildman–Crippen MR) is 125 cm³/mol. The summed E-state index contributed by atoms with van der Waals surface area (Å²) in [6.07, 6.45) is 14.3. The molecule has 0 bridgehead atoms. The first-order valence-corrected chi connectivity index (χ1v) is 11.7. The first kappa shape index (κ1) is 21.2. The van der Waals surface area contributed by atoms with E-state index in [1.807, 2.05) is 28.2 Å². The molecule has 4 heterocycles. The second-order valence-corrected chi connectivity index (χ2v) is 8.76. The van der Waals surface area contributed by atoms with Gasteiger partial charge in [-0.25, -0.2) is 9.97 Å². The number of nitrogens with one attached hydrogen (secondary N) is 2. The van der Waals surface area contributed by atoms with Gasteiger partial charge < -0.3 is 15.2 Å². The van der Waals surface area contributed by atoms with Crippen molar-refractivity contribution >= 4 is 22.8 Å². The van der Waals surface area contributed by atoms with Crippen LogP contribution in [0, 0.1) is 17.2 Å². The third kappa shape index (κ3) is 4.46. The molecule has 3 aromatic rings. The zero-order valence-corrected chi connectivity index (χ0v) is 18.8. The average Bonchev–Trinajstić information content (AvgIpc) is 3.43. The summed E-state index contributed by atoms with van der Waals surface area (Å²) in [4.78, 5) is 27.2. The van der Waals surface area contributed by atoms with Crippen molar-refractivity contribution in [1.29, 1.82) is 5.26 Å². The number of aromatic nitrogens is 5. The minimum Gasteiger partial charge on any atom is -0.376 e. The number of amides is 1. The van der Waals surface area contributed by atoms with Crippen LogP contribution >= 0.6 is 0 Å². The Morgan fingerprint density at radius 2 is 2.12 bits per heavy atom. The maximum atomic E-state index is 12.7. The Balaban J connectivity index is 1.33. The van der Waals surface area contributed by atoms with E-state index in [0.717, 1.165) is 47.3 Å². The van der Waals surface area contributed by atoms with Gasteiger partial charge in [0.25, 0.3) is 0 Å². The van der Waals surface area contributed by atoms with E-state index in [0.29, 0.717) is 24.8 Å². The molecule has 1 aliphatic carbocycles. The third-order valence-electron chi connectivity index (χ3n) is 6.36. The molecule has 0 atom stereocenters. The lowest BCUT2D eigenvalue weighted by Gasteiger charge is -2.29. The highest BCUT2D eigenvalue weighted by Gasteiger charge is 2.25. The summed E-state index contributed by atoms with van der Waals surface area (Å²) >= 11 is 0. The summed E-state index contributed by atoms with van der Waals surface area (Å²) in [5.74, 6) is 0.112. The topological polar surface area (TPSA) is 116 Å². The summed E-state index contributed by atoms with van der Waals surface area (Å²) < 4.78 is 2.01. The molecule has 2 N–H and O–H groups in total. The molecule has 9 heteroatoms. The molecule has 0 unspecified atom stereocenters. The quantitative estimate of drug-likeness (QED) is 0.578. The number of rotatable bonds is 7. The first-order valence-electron chi connectivity index (χ1n) is 11.7. The van der Waals surface area contributed by atoms with Gasteiger partial charge in [0.05, 0.1) is 36.7 Å². The molecule has 1 amide bonds. The number of piperidine rings is 1. The van der Waals surface area contributed by atoms with Crippen molar-refractivity contribution in [3.05, 3.63) is 36.4 Å². The van der Waals surface area contributed by atoms with Crippen LogP contribution < -0.4 is 5.32 Å². The van der Waals surface area contributed by atoms with Crippen LogP contribution in [0.4, 0.5) is 0 Å². The molecule has 0 spiro atoms. The number of carbonyl (C=O) groups is 1. The summed E-state index contributed by atoms with van der Waals surface area (Å²) in [6, 6.07) is 2.83. The fraction of sp³-hybridized carbons (Fsp3) is 0.458. The SMILES string of the molecule is CC/C=C(/NCC(=O)N1CCC(C#N)CC1)c1c[nH]c2ncc(-c3cnn(C4CC4)c3)nc12. The molecule has 5 rings (SSSR count). The smallest absolute Gasteiger partial charge is 0.241 e. The van der Waals surface area contributed by atoms with Crippen LogP contribution in [0.5, 0.6) is 0 Å². The van der Waals surface area contributed by atoms with Gasteiger partial charge in [-0.05, 0) is 32.1 Å². The zero-order chi connectivity index (χ0) is 22.8. The van der Waals surface area contributed by atoms with Crippen molar-refractivity contribution in [3.8, 4) is 17.3 Å². The van der Waals surface area contributed by atoms with E-state index in [-0.39, 0.29) is 18.4 Å². The van der Waals surface area contributed by atoms with Crippen molar-refractivity contribution in [2.24, 2.45) is 5.92 Å². The van der Waals surface area contributed by atoms with Crippen LogP contribution in [0.3, 0.4) is 0 Å². The summed E-state index contributed by atoms with van der Waals surface area (Å²) in [5.41, 5.74) is 4.96. The molecular weight excluding hydrogens is 416 g/mol. The summed E-state index contributed by atoms with van der Waals surface area (Å²) in [7, 11) is 0. The largest absolute Gasteiger partial charge is 0.376 e. The molecule has 0 radical (unpaired) electrons. The molecule has 2 aliphatic rings. The van der Waals surface area contributed by atoms with Gasteiger partial charge in [0.1, 0.15) is 5.52 Å². The van der Waals surface area contributed by atoms with Crippen LogP contribution in [-0.2, 0) is 4.79 Å². The minimum absolute atomic E-state index is 0.0486. The highest BCUT2D eigenvalue weighted by Crippen LogP contribution is 2.35. The normalized spacial score (nSPS) is 17.3. The Morgan fingerprint density at radius 1 is 1.30 bits per heavy atom. The summed E-state index contributed by atoms with van der Waals surface area (Å²) in [6.45, 7) is 3.55. The monoisotopic (exact) mass is 444 g/mol. The second kappa shape index (κ2) is 9.06. The van der Waals surface area contributed by atoms with Crippen molar-refractivity contribution in [2.75, 3.05) is 19.6 Å². The molecule has 0 aromatic carbocycles. The second-order valence-electron chi connectivity index (χ2n) is 8.76. The molecule has 1 aliphatic heterocycles. The molecule has 170 valence electrons. The maximum Gasteiger partial charge on any atom is 0.241 e. The Morgan fingerprint density at radius 3 is 2.85 bits per heavy atom. The number of hydrogen-bond donors (Lipinski definition) is 2. The van der Waals surface area contributed by atoms with Gasteiger partial charge in [-0.2, -0.15) is 10.4 Å². The molecule has 33 heavy (non-hydrogen) atoms. The van der Waals surface area contributed by atoms with Gasteiger partial charge in [0.15, 0.2) is 5.65 Å². The molecule has 3 aromatic heterocycles. The van der Waals surface area contributed by atoms with Gasteiger partial charge in [-0.1, -0.05) is 13.0 Å². The van der Waals surface area contributed by atoms with E-state index in [4.69, 9.17) is 10.2 Å². The first-order chi connectivity index (χ1) is 16.2. The number of hydrogen-bond acceptors (Lipinski definition) is 6. The lowest BCUT2D eigenvalue weighted by Crippen LogP contribution is -2.42. The van der Waals surface area contributed by atoms with Gasteiger partial charge in [-0.3, -0.25) is 9.48 Å². The third-order valence-corrected chi connectivity index (χ3v) is 6.36. The van der Waals surface area contributed by atoms with Crippen LogP contribution in [0.25, 0.3) is 28.1 Å². The average molecular weight is 445 g/mol. The van der Waals surface area contributed by atoms with Crippen LogP contribution in [0.15, 0.2) is 30.9 Å². The van der Waals surface area contributed by atoms with Crippen molar-refractivity contribution in [1.82, 2.24) is 34.9 Å². The predicted octanol–water partition coefficient (Wildman–Crippen LogP) is 3.26. The lowest BCUT2D eigenvalue weighted by molar-refractivity contribution is -0.131. The number of aromatic amines is 1. The van der Waals surface area contributed by atoms with E-state index in [1.165, 1.54) is 12.8 Å². The highest BCUT2D eigenvalue weighted by molar-refractivity contribution is 5.89. The van der Waals surface area contributed by atoms with E-state index in [2.05, 4.69) is 39.5 Å². The van der Waals surface area contributed by atoms with E-state index < -0.39 is 0 Å². The van der Waals surface area contributed by atoms with Crippen LogP contribution in [0.1, 0.15) is 50.6 Å². The molecular formula is C24H28N8O. The standard InChI is InChI=1S/C24H28N8O/c1-2-3-20(26-14-22(33)31-8-6-16(10-25)7-9-31)19-12-27-24-23(19)30-21(13-28-24)17-11-29-32(15-17)18-4-5-18/h3,11-13,15-16,18,26H,2,4-9,14H2,1H3,(H,27,28)/b20-3+. The maximum absolute atomic E-state index is 12.7. The van der Waals surface area contributed by atoms with E-state index in [1.54, 1.807) is 6.20 Å². The van der Waals surface area contributed by atoms with Gasteiger partial charge in [-0.15, -0.1) is 0 Å². The fourth-order valence-corrected chi connectivity index (χ4v) is 4.27. The number of H-pyrrole nitrogens is 1. The molecule has 1 saturated heterocycles. The van der Waals surface area contributed by atoms with Crippen molar-refractivity contribution in [2.45, 2.75) is 45.1 Å². The minimum atomic E-state index is 0.0486. The van der Waals surface area contributed by atoms with Crippen molar-refractivity contribution < 1.29 is 4.79 Å². The van der Waals surface area contributed by atoms with Crippen LogP contribution in [0.2, 0.25) is 0 Å². The molecule has 9 nitrogen and oxygen atoms in total. The summed E-state index contributed by atoms with van der Waals surface area (Å²) in [5, 5.41) is 16.9. The molecule has 1 saturated carbocycles.